The highest BCUT2D eigenvalue weighted by Crippen LogP contribution is 2.27. The highest BCUT2D eigenvalue weighted by molar-refractivity contribution is 6.50. The Hall–Kier alpha value is -2.28. The number of allylic oxidation sites excluding steroid dienone is 2. The molecule has 1 amide bonds. The van der Waals surface area contributed by atoms with Gasteiger partial charge in [0.2, 0.25) is 23.4 Å². The van der Waals surface area contributed by atoms with Crippen molar-refractivity contribution in [2.24, 2.45) is 0 Å². The second-order valence-electron chi connectivity index (χ2n) is 3.87. The molecule has 8 heteroatoms. The van der Waals surface area contributed by atoms with Gasteiger partial charge in [-0.1, -0.05) is 11.6 Å². The number of rotatable bonds is 1. The maximum Gasteiger partial charge on any atom is 0.244 e. The molecule has 0 spiro atoms. The fraction of sp³-hybridized carbons (Fsp3) is 0.182. The summed E-state index contributed by atoms with van der Waals surface area (Å²) in [5.74, 6) is -2.43. The van der Waals surface area contributed by atoms with E-state index in [0.717, 1.165) is 10.9 Å². The second-order valence-corrected chi connectivity index (χ2v) is 4.24. The number of nitrogens with one attached hydrogen (secondary N) is 1. The maximum atomic E-state index is 12.1. The first-order valence-corrected chi connectivity index (χ1v) is 5.58. The minimum Gasteiger partial charge on any atom is -0.322 e. The lowest BCUT2D eigenvalue weighted by atomic mass is 9.99. The highest BCUT2D eigenvalue weighted by atomic mass is 35.5. The molecule has 1 aliphatic rings. The Balaban J connectivity index is 2.62. The number of ketones is 2. The molecule has 7 nitrogen and oxygen atoms in total. The van der Waals surface area contributed by atoms with Crippen molar-refractivity contribution in [2.45, 2.75) is 13.8 Å². The average molecular weight is 282 g/mol. The minimum atomic E-state index is -0.729. The summed E-state index contributed by atoms with van der Waals surface area (Å²) < 4.78 is 0.808. The minimum absolute atomic E-state index is 0.0617. The first-order chi connectivity index (χ1) is 8.84. The molecule has 0 saturated carbocycles. The third-order valence-electron chi connectivity index (χ3n) is 2.47. The number of amides is 1. The van der Waals surface area contributed by atoms with Gasteiger partial charge in [0.05, 0.1) is 11.8 Å². The van der Waals surface area contributed by atoms with Crippen LogP contribution in [-0.2, 0) is 4.79 Å². The topological polar surface area (TPSA) is 98.1 Å². The molecule has 0 aliphatic heterocycles. The maximum absolute atomic E-state index is 12.1. The van der Waals surface area contributed by atoms with Crippen LogP contribution in [0, 0.1) is 0 Å². The van der Waals surface area contributed by atoms with Crippen LogP contribution in [0.2, 0.25) is 0 Å². The van der Waals surface area contributed by atoms with Crippen molar-refractivity contribution < 1.29 is 19.2 Å². The molecule has 0 saturated heterocycles. The zero-order chi connectivity index (χ0) is 14.3. The van der Waals surface area contributed by atoms with Gasteiger partial charge in [0.25, 0.3) is 0 Å². The summed E-state index contributed by atoms with van der Waals surface area (Å²) in [4.78, 5) is 46.4. The summed E-state index contributed by atoms with van der Waals surface area (Å²) in [5.41, 5.74) is -0.542. The van der Waals surface area contributed by atoms with Gasteiger partial charge in [0.15, 0.2) is 0 Å². The number of carbonyl (C=O) groups is 4. The highest BCUT2D eigenvalue weighted by Gasteiger charge is 2.36. The molecule has 0 aromatic carbocycles. The Labute approximate surface area is 112 Å². The standard InChI is InChI=1S/C11H8ClN3O4/c1-4(16)14-8-7(12)11(19)9-6(10(8)18)3-13-15(9)5(2)17/h3H,1-2H3,(H,14,16). The van der Waals surface area contributed by atoms with Gasteiger partial charge < -0.3 is 5.32 Å². The van der Waals surface area contributed by atoms with Crippen LogP contribution in [0.1, 0.15) is 39.5 Å². The molecule has 98 valence electrons. The summed E-state index contributed by atoms with van der Waals surface area (Å²) >= 11 is 5.78. The Kier molecular flexibility index (Phi) is 3.07. The van der Waals surface area contributed by atoms with Crippen molar-refractivity contribution in [1.82, 2.24) is 15.1 Å². The Bertz CT molecular complexity index is 671. The van der Waals surface area contributed by atoms with E-state index in [1.54, 1.807) is 0 Å². The number of aromatic nitrogens is 2. The van der Waals surface area contributed by atoms with Crippen LogP contribution in [0.5, 0.6) is 0 Å². The quantitative estimate of drug-likeness (QED) is 0.808. The van der Waals surface area contributed by atoms with E-state index in [1.165, 1.54) is 13.8 Å². The Morgan fingerprint density at radius 3 is 2.42 bits per heavy atom. The molecular weight excluding hydrogens is 274 g/mol. The van der Waals surface area contributed by atoms with Gasteiger partial charge in [-0.05, 0) is 0 Å². The van der Waals surface area contributed by atoms with Crippen LogP contribution in [0.3, 0.4) is 0 Å². The van der Waals surface area contributed by atoms with Gasteiger partial charge in [0.1, 0.15) is 16.4 Å². The summed E-state index contributed by atoms with van der Waals surface area (Å²) in [6.45, 7) is 2.38. The fourth-order valence-corrected chi connectivity index (χ4v) is 1.93. The fourth-order valence-electron chi connectivity index (χ4n) is 1.71. The number of Topliss-reactive ketones (excluding diaryl/α,β-unsaturated/α-hetero) is 2. The summed E-state index contributed by atoms with van der Waals surface area (Å²) in [6.07, 6.45) is 1.10. The van der Waals surface area contributed by atoms with Gasteiger partial charge in [-0.15, -0.1) is 0 Å². The van der Waals surface area contributed by atoms with Crippen molar-refractivity contribution in [1.29, 1.82) is 0 Å². The van der Waals surface area contributed by atoms with Crippen LogP contribution in [0.25, 0.3) is 0 Å². The lowest BCUT2D eigenvalue weighted by Gasteiger charge is -2.15. The average Bonchev–Trinajstić information content (AvgIpc) is 2.76. The van der Waals surface area contributed by atoms with E-state index in [-0.39, 0.29) is 17.0 Å². The predicted octanol–water partition coefficient (Wildman–Crippen LogP) is 0.509. The molecule has 0 fully saturated rings. The molecule has 19 heavy (non-hydrogen) atoms. The van der Waals surface area contributed by atoms with Gasteiger partial charge in [-0.25, -0.2) is 0 Å². The smallest absolute Gasteiger partial charge is 0.244 e. The molecule has 1 heterocycles. The van der Waals surface area contributed by atoms with Crippen LogP contribution >= 0.6 is 11.6 Å². The monoisotopic (exact) mass is 281 g/mol. The van der Waals surface area contributed by atoms with E-state index in [9.17, 15) is 19.2 Å². The molecule has 0 bridgehead atoms. The summed E-state index contributed by atoms with van der Waals surface area (Å²) in [6, 6.07) is 0. The zero-order valence-corrected chi connectivity index (χ0v) is 10.7. The van der Waals surface area contributed by atoms with Crippen molar-refractivity contribution in [3.63, 3.8) is 0 Å². The zero-order valence-electron chi connectivity index (χ0n) is 9.98. The molecule has 0 unspecified atom stereocenters. The molecule has 2 rings (SSSR count). The first-order valence-electron chi connectivity index (χ1n) is 5.20. The number of nitrogens with zero attached hydrogens (tertiary/aromatic N) is 2. The lowest BCUT2D eigenvalue weighted by Crippen LogP contribution is -2.32. The lowest BCUT2D eigenvalue weighted by molar-refractivity contribution is -0.118. The summed E-state index contributed by atoms with van der Waals surface area (Å²) in [5, 5.41) is 5.45. The van der Waals surface area contributed by atoms with Gasteiger partial charge in [-0.3, -0.25) is 19.2 Å². The number of hydrogen-bond acceptors (Lipinski definition) is 5. The van der Waals surface area contributed by atoms with Crippen molar-refractivity contribution in [3.05, 3.63) is 28.2 Å². The Morgan fingerprint density at radius 2 is 1.89 bits per heavy atom. The molecule has 1 aromatic heterocycles. The SMILES string of the molecule is CC(=O)NC1=C(Cl)C(=O)c2c(cnn2C(C)=O)C1=O. The van der Waals surface area contributed by atoms with Gasteiger partial charge in [-0.2, -0.15) is 9.78 Å². The predicted molar refractivity (Wildman–Crippen MR) is 63.9 cm³/mol. The van der Waals surface area contributed by atoms with Gasteiger partial charge in [0, 0.05) is 13.8 Å². The Morgan fingerprint density at radius 1 is 1.26 bits per heavy atom. The van der Waals surface area contributed by atoms with Crippen molar-refractivity contribution in [3.8, 4) is 0 Å². The van der Waals surface area contributed by atoms with E-state index in [2.05, 4.69) is 10.4 Å². The van der Waals surface area contributed by atoms with E-state index < -0.39 is 28.4 Å². The molecular formula is C11H8ClN3O4. The second kappa shape index (κ2) is 4.43. The molecule has 1 aliphatic carbocycles. The number of hydrogen-bond donors (Lipinski definition) is 1. The normalized spacial score (nSPS) is 14.5. The summed E-state index contributed by atoms with van der Waals surface area (Å²) in [7, 11) is 0. The van der Waals surface area contributed by atoms with Crippen LogP contribution in [0.4, 0.5) is 0 Å². The van der Waals surface area contributed by atoms with E-state index >= 15 is 0 Å². The number of fused-ring (bicyclic) bond motifs is 1. The largest absolute Gasteiger partial charge is 0.322 e. The first kappa shape index (κ1) is 13.2. The van der Waals surface area contributed by atoms with E-state index in [0.29, 0.717) is 0 Å². The van der Waals surface area contributed by atoms with Crippen LogP contribution in [-0.4, -0.2) is 33.2 Å². The van der Waals surface area contributed by atoms with Crippen LogP contribution in [0.15, 0.2) is 16.9 Å². The van der Waals surface area contributed by atoms with Crippen LogP contribution < -0.4 is 5.32 Å². The number of carbonyl (C=O) groups excluding carboxylic acids is 4. The van der Waals surface area contributed by atoms with E-state index in [4.69, 9.17) is 11.6 Å². The third kappa shape index (κ3) is 1.97. The van der Waals surface area contributed by atoms with Gasteiger partial charge >= 0.3 is 0 Å². The number of halogens is 1. The molecule has 1 N–H and O–H groups in total. The molecule has 1 aromatic rings. The van der Waals surface area contributed by atoms with E-state index in [1.807, 2.05) is 0 Å². The molecule has 0 radical (unpaired) electrons. The van der Waals surface area contributed by atoms with Crippen molar-refractivity contribution >= 4 is 35.0 Å². The van der Waals surface area contributed by atoms with Crippen molar-refractivity contribution in [2.75, 3.05) is 0 Å². The third-order valence-corrected chi connectivity index (χ3v) is 2.83. The molecule has 0 atom stereocenters.